The van der Waals surface area contributed by atoms with Crippen molar-refractivity contribution in [1.29, 1.82) is 0 Å². The maximum atomic E-state index is 11.7. The number of allylic oxidation sites excluding steroid dienone is 1. The molecule has 0 atom stereocenters. The minimum Gasteiger partial charge on any atom is -0.265 e. The van der Waals surface area contributed by atoms with Crippen LogP contribution in [0.15, 0.2) is 11.2 Å². The highest BCUT2D eigenvalue weighted by atomic mass is 19.4. The molecule has 1 heterocycles. The van der Waals surface area contributed by atoms with Crippen LogP contribution >= 0.6 is 0 Å². The number of nitrogens with zero attached hydrogens (tertiary/aromatic N) is 2. The Bertz CT molecular complexity index is 241. The maximum absolute atomic E-state index is 11.7. The summed E-state index contributed by atoms with van der Waals surface area (Å²) in [6, 6.07) is 0. The Morgan fingerprint density at radius 2 is 2.09 bits per heavy atom. The number of hydrogen-bond donors (Lipinski definition) is 0. The Labute approximate surface area is 59.6 Å². The van der Waals surface area contributed by atoms with Crippen molar-refractivity contribution in [3.05, 3.63) is 12.2 Å². The van der Waals surface area contributed by atoms with Gasteiger partial charge in [-0.1, -0.05) is 0 Å². The lowest BCUT2D eigenvalue weighted by molar-refractivity contribution is -0.117. The third kappa shape index (κ3) is 1.79. The molecule has 6 heteroatoms. The first-order chi connectivity index (χ1) is 5.00. The van der Waals surface area contributed by atoms with E-state index in [-0.39, 0.29) is 0 Å². The summed E-state index contributed by atoms with van der Waals surface area (Å²) >= 11 is 0. The van der Waals surface area contributed by atoms with Gasteiger partial charge in [0.05, 0.1) is 6.08 Å². The quantitative estimate of drug-likeness (QED) is 0.508. The minimum atomic E-state index is -4.56. The van der Waals surface area contributed by atoms with Crippen molar-refractivity contribution in [2.75, 3.05) is 0 Å². The Balaban J connectivity index is 2.79. The molecule has 0 aromatic heterocycles. The number of hydrogen-bond acceptors (Lipinski definition) is 2. The Morgan fingerprint density at radius 3 is 2.45 bits per heavy atom. The van der Waals surface area contributed by atoms with Gasteiger partial charge in [0.15, 0.2) is 5.71 Å². The van der Waals surface area contributed by atoms with Gasteiger partial charge in [0.25, 0.3) is 5.91 Å². The molecular weight excluding hydrogens is 161 g/mol. The lowest BCUT2D eigenvalue weighted by atomic mass is 10.3. The second kappa shape index (κ2) is 2.37. The predicted octanol–water partition coefficient (Wildman–Crippen LogP) is 0.409. The van der Waals surface area contributed by atoms with Crippen LogP contribution in [0.1, 0.15) is 0 Å². The zero-order valence-electron chi connectivity index (χ0n) is 5.01. The molecule has 58 valence electrons. The van der Waals surface area contributed by atoms with Gasteiger partial charge in [0.1, 0.15) is 0 Å². The van der Waals surface area contributed by atoms with Crippen molar-refractivity contribution in [2.24, 2.45) is 5.10 Å². The van der Waals surface area contributed by atoms with Gasteiger partial charge in [-0.2, -0.15) is 13.2 Å². The van der Waals surface area contributed by atoms with Gasteiger partial charge in [-0.15, -0.1) is 10.5 Å². The van der Waals surface area contributed by atoms with Crippen molar-refractivity contribution < 1.29 is 18.0 Å². The van der Waals surface area contributed by atoms with E-state index < -0.39 is 17.8 Å². The first-order valence-electron chi connectivity index (χ1n) is 2.50. The summed E-state index contributed by atoms with van der Waals surface area (Å²) in [5, 5.41) is 2.63. The molecule has 0 spiro atoms. The van der Waals surface area contributed by atoms with Gasteiger partial charge in [-0.3, -0.25) is 4.79 Å². The molecule has 2 radical (unpaired) electrons. The summed E-state index contributed by atoms with van der Waals surface area (Å²) in [6.07, 6.45) is -2.33. The summed E-state index contributed by atoms with van der Waals surface area (Å²) < 4.78 is 35.1. The zero-order chi connectivity index (χ0) is 8.48. The summed E-state index contributed by atoms with van der Waals surface area (Å²) in [6.45, 7) is 0. The Morgan fingerprint density at radius 1 is 1.45 bits per heavy atom. The molecule has 1 aliphatic heterocycles. The van der Waals surface area contributed by atoms with Crippen LogP contribution in [0.3, 0.4) is 0 Å². The third-order valence-corrected chi connectivity index (χ3v) is 0.871. The molecular formula is C5HF3N2O. The zero-order valence-corrected chi connectivity index (χ0v) is 5.01. The third-order valence-electron chi connectivity index (χ3n) is 0.871. The average Bonchev–Trinajstić information content (AvgIpc) is 1.86. The van der Waals surface area contributed by atoms with E-state index in [1.54, 1.807) is 6.08 Å². The van der Waals surface area contributed by atoms with Crippen LogP contribution in [-0.2, 0) is 4.79 Å². The van der Waals surface area contributed by atoms with E-state index in [0.29, 0.717) is 6.08 Å². The van der Waals surface area contributed by atoms with Crippen LogP contribution in [0.25, 0.3) is 0 Å². The standard InChI is InChI=1S/C5HF3N2O/c6-5(7,8)3-1-2-4(11)10-9-3/h1H. The van der Waals surface area contributed by atoms with Gasteiger partial charge in [0.2, 0.25) is 0 Å². The molecule has 1 rings (SSSR count). The van der Waals surface area contributed by atoms with Crippen molar-refractivity contribution >= 4 is 11.6 Å². The number of amides is 1. The van der Waals surface area contributed by atoms with Gasteiger partial charge in [-0.25, -0.2) is 0 Å². The van der Waals surface area contributed by atoms with Crippen LogP contribution in [0.4, 0.5) is 13.2 Å². The molecule has 0 aliphatic carbocycles. The van der Waals surface area contributed by atoms with Crippen LogP contribution < -0.4 is 5.43 Å². The first kappa shape index (κ1) is 7.77. The molecule has 0 unspecified atom stereocenters. The fourth-order valence-electron chi connectivity index (χ4n) is 0.426. The van der Waals surface area contributed by atoms with E-state index in [1.807, 2.05) is 0 Å². The molecule has 0 aromatic rings. The fourth-order valence-corrected chi connectivity index (χ4v) is 0.426. The summed E-state index contributed by atoms with van der Waals surface area (Å²) in [7, 11) is 0. The van der Waals surface area contributed by atoms with Crippen molar-refractivity contribution in [3.63, 3.8) is 0 Å². The molecule has 11 heavy (non-hydrogen) atoms. The highest BCUT2D eigenvalue weighted by Crippen LogP contribution is 2.18. The fraction of sp³-hybridized carbons (Fsp3) is 0.200. The number of carbonyl (C=O) groups is 1. The lowest BCUT2D eigenvalue weighted by Gasteiger charge is -2.06. The molecule has 0 aromatic carbocycles. The molecule has 0 saturated carbocycles. The predicted molar refractivity (Wildman–Crippen MR) is 28.4 cm³/mol. The van der Waals surface area contributed by atoms with E-state index in [0.717, 1.165) is 0 Å². The summed E-state index contributed by atoms with van der Waals surface area (Å²) in [5.41, 5.74) is 1.45. The molecule has 3 nitrogen and oxygen atoms in total. The largest absolute Gasteiger partial charge is 0.435 e. The summed E-state index contributed by atoms with van der Waals surface area (Å²) in [4.78, 5) is 10.2. The van der Waals surface area contributed by atoms with Crippen LogP contribution in [0.2, 0.25) is 0 Å². The number of carbonyl (C=O) groups excluding carboxylic acids is 1. The number of alkyl halides is 3. The van der Waals surface area contributed by atoms with E-state index in [4.69, 9.17) is 0 Å². The van der Waals surface area contributed by atoms with Gasteiger partial charge in [-0.05, 0) is 6.08 Å². The molecule has 1 amide bonds. The Kier molecular flexibility index (Phi) is 1.67. The van der Waals surface area contributed by atoms with Crippen molar-refractivity contribution in [3.8, 4) is 0 Å². The normalized spacial score (nSPS) is 17.7. The number of halogens is 3. The van der Waals surface area contributed by atoms with Crippen LogP contribution in [0, 0.1) is 6.08 Å². The molecule has 0 fully saturated rings. The maximum Gasteiger partial charge on any atom is 0.435 e. The minimum absolute atomic E-state index is 0.468. The van der Waals surface area contributed by atoms with E-state index in [9.17, 15) is 18.0 Å². The topological polar surface area (TPSA) is 43.5 Å². The van der Waals surface area contributed by atoms with Gasteiger partial charge < -0.3 is 0 Å². The average molecular weight is 162 g/mol. The van der Waals surface area contributed by atoms with Crippen LogP contribution in [-0.4, -0.2) is 17.8 Å². The van der Waals surface area contributed by atoms with Crippen molar-refractivity contribution in [2.45, 2.75) is 6.18 Å². The Hall–Kier alpha value is -1.33. The van der Waals surface area contributed by atoms with Crippen molar-refractivity contribution in [1.82, 2.24) is 5.43 Å². The van der Waals surface area contributed by atoms with E-state index in [2.05, 4.69) is 10.5 Å². The molecule has 0 saturated heterocycles. The van der Waals surface area contributed by atoms with Crippen LogP contribution in [0.5, 0.6) is 0 Å². The van der Waals surface area contributed by atoms with E-state index >= 15 is 0 Å². The first-order valence-corrected chi connectivity index (χ1v) is 2.50. The van der Waals surface area contributed by atoms with Gasteiger partial charge >= 0.3 is 6.18 Å². The SMILES string of the molecule is O=C1[C]=CC(C(F)(F)F)=N[N]1. The van der Waals surface area contributed by atoms with Gasteiger partial charge in [0, 0.05) is 0 Å². The highest BCUT2D eigenvalue weighted by molar-refractivity contribution is 6.04. The lowest BCUT2D eigenvalue weighted by Crippen LogP contribution is -2.27. The molecule has 0 bridgehead atoms. The smallest absolute Gasteiger partial charge is 0.265 e. The molecule has 1 aliphatic rings. The monoisotopic (exact) mass is 162 g/mol. The second-order valence-electron chi connectivity index (χ2n) is 1.68. The molecule has 0 N–H and O–H groups in total. The second-order valence-corrected chi connectivity index (χ2v) is 1.68. The highest BCUT2D eigenvalue weighted by Gasteiger charge is 2.35. The number of rotatable bonds is 0. The summed E-state index contributed by atoms with van der Waals surface area (Å²) in [5.74, 6) is -0.905. The van der Waals surface area contributed by atoms with E-state index in [1.165, 1.54) is 0 Å².